The number of nitrogens with zero attached hydrogens (tertiary/aromatic N) is 3. The molecule has 0 amide bonds. The van der Waals surface area contributed by atoms with E-state index in [-0.39, 0.29) is 5.75 Å². The fraction of sp³-hybridized carbons (Fsp3) is 0.190. The molecule has 7 nitrogen and oxygen atoms in total. The Morgan fingerprint density at radius 3 is 2.68 bits per heavy atom. The number of benzene rings is 2. The van der Waals surface area contributed by atoms with Crippen LogP contribution in [0.4, 0.5) is 11.8 Å². The molecule has 7 heteroatoms. The molecule has 3 N–H and O–H groups in total. The van der Waals surface area contributed by atoms with Crippen LogP contribution in [-0.2, 0) is 6.54 Å². The van der Waals surface area contributed by atoms with Gasteiger partial charge in [-0.2, -0.15) is 10.1 Å². The van der Waals surface area contributed by atoms with Gasteiger partial charge in [-0.25, -0.2) is 4.98 Å². The monoisotopic (exact) mass is 377 g/mol. The van der Waals surface area contributed by atoms with Gasteiger partial charge in [-0.05, 0) is 31.5 Å². The van der Waals surface area contributed by atoms with E-state index in [1.165, 1.54) is 6.21 Å². The molecule has 0 aliphatic rings. The largest absolute Gasteiger partial charge is 0.507 e. The van der Waals surface area contributed by atoms with Crippen LogP contribution in [0, 0.1) is 6.92 Å². The van der Waals surface area contributed by atoms with Crippen LogP contribution in [0.1, 0.15) is 23.7 Å². The molecule has 0 aliphatic carbocycles. The van der Waals surface area contributed by atoms with Gasteiger partial charge >= 0.3 is 0 Å². The molecule has 3 aromatic rings. The van der Waals surface area contributed by atoms with Crippen LogP contribution in [0.25, 0.3) is 0 Å². The van der Waals surface area contributed by atoms with Crippen molar-refractivity contribution >= 4 is 18.0 Å². The SMILES string of the molecule is CCOc1ccc(/C=N/Nc2cc(C)nc(NCc3ccccc3)n2)c(O)c1. The van der Waals surface area contributed by atoms with Gasteiger partial charge in [0.15, 0.2) is 5.82 Å². The van der Waals surface area contributed by atoms with E-state index in [2.05, 4.69) is 25.8 Å². The lowest BCUT2D eigenvalue weighted by Crippen LogP contribution is -2.06. The number of aromatic hydroxyl groups is 1. The van der Waals surface area contributed by atoms with Gasteiger partial charge in [0.1, 0.15) is 11.5 Å². The summed E-state index contributed by atoms with van der Waals surface area (Å²) in [6, 6.07) is 16.9. The minimum Gasteiger partial charge on any atom is -0.507 e. The zero-order valence-corrected chi connectivity index (χ0v) is 15.9. The van der Waals surface area contributed by atoms with Crippen molar-refractivity contribution in [3.63, 3.8) is 0 Å². The number of hydrogen-bond donors (Lipinski definition) is 3. The molecule has 0 radical (unpaired) electrons. The van der Waals surface area contributed by atoms with Crippen LogP contribution in [0.15, 0.2) is 59.7 Å². The van der Waals surface area contributed by atoms with Gasteiger partial charge in [0.25, 0.3) is 0 Å². The maximum Gasteiger partial charge on any atom is 0.225 e. The Morgan fingerprint density at radius 2 is 1.93 bits per heavy atom. The molecule has 144 valence electrons. The fourth-order valence-electron chi connectivity index (χ4n) is 2.54. The molecule has 0 spiro atoms. The third-order valence-corrected chi connectivity index (χ3v) is 3.84. The Bertz CT molecular complexity index is 945. The maximum absolute atomic E-state index is 10.0. The molecule has 0 bridgehead atoms. The number of ether oxygens (including phenoxy) is 1. The van der Waals surface area contributed by atoms with Crippen molar-refractivity contribution in [2.75, 3.05) is 17.3 Å². The summed E-state index contributed by atoms with van der Waals surface area (Å²) in [5.41, 5.74) is 5.41. The minimum atomic E-state index is 0.0978. The van der Waals surface area contributed by atoms with Gasteiger partial charge in [0.05, 0.1) is 12.8 Å². The first kappa shape index (κ1) is 19.2. The highest BCUT2D eigenvalue weighted by Gasteiger charge is 2.03. The second-order valence-electron chi connectivity index (χ2n) is 6.08. The van der Waals surface area contributed by atoms with Gasteiger partial charge in [-0.15, -0.1) is 0 Å². The molecule has 0 atom stereocenters. The number of phenols is 1. The lowest BCUT2D eigenvalue weighted by atomic mass is 10.2. The van der Waals surface area contributed by atoms with Crippen molar-refractivity contribution in [1.29, 1.82) is 0 Å². The number of anilines is 2. The van der Waals surface area contributed by atoms with E-state index < -0.39 is 0 Å². The lowest BCUT2D eigenvalue weighted by Gasteiger charge is -2.08. The smallest absolute Gasteiger partial charge is 0.225 e. The van der Waals surface area contributed by atoms with Crippen LogP contribution in [0.3, 0.4) is 0 Å². The van der Waals surface area contributed by atoms with Crippen molar-refractivity contribution in [2.45, 2.75) is 20.4 Å². The molecule has 0 fully saturated rings. The van der Waals surface area contributed by atoms with Crippen LogP contribution < -0.4 is 15.5 Å². The average molecular weight is 377 g/mol. The van der Waals surface area contributed by atoms with Crippen LogP contribution in [0.2, 0.25) is 0 Å². The number of rotatable bonds is 8. The molecule has 28 heavy (non-hydrogen) atoms. The van der Waals surface area contributed by atoms with Crippen LogP contribution in [-0.4, -0.2) is 27.9 Å². The third kappa shape index (κ3) is 5.44. The lowest BCUT2D eigenvalue weighted by molar-refractivity contribution is 0.337. The van der Waals surface area contributed by atoms with Crippen molar-refractivity contribution in [1.82, 2.24) is 9.97 Å². The molecular weight excluding hydrogens is 354 g/mol. The highest BCUT2D eigenvalue weighted by Crippen LogP contribution is 2.22. The second-order valence-corrected chi connectivity index (χ2v) is 6.08. The quantitative estimate of drug-likeness (QED) is 0.407. The van der Waals surface area contributed by atoms with Gasteiger partial charge in [-0.3, -0.25) is 5.43 Å². The highest BCUT2D eigenvalue weighted by atomic mass is 16.5. The van der Waals surface area contributed by atoms with E-state index in [9.17, 15) is 5.11 Å². The van der Waals surface area contributed by atoms with E-state index in [1.54, 1.807) is 24.3 Å². The molecular formula is C21H23N5O2. The topological polar surface area (TPSA) is 91.7 Å². The number of hydrogen-bond acceptors (Lipinski definition) is 7. The molecule has 2 aromatic carbocycles. The Balaban J connectivity index is 1.64. The zero-order valence-electron chi connectivity index (χ0n) is 15.9. The average Bonchev–Trinajstić information content (AvgIpc) is 2.69. The number of nitrogens with one attached hydrogen (secondary N) is 2. The maximum atomic E-state index is 10.0. The molecule has 3 rings (SSSR count). The number of hydrazone groups is 1. The molecule has 1 aromatic heterocycles. The molecule has 0 unspecified atom stereocenters. The van der Waals surface area contributed by atoms with E-state index in [0.717, 1.165) is 11.3 Å². The highest BCUT2D eigenvalue weighted by molar-refractivity contribution is 5.84. The summed E-state index contributed by atoms with van der Waals surface area (Å²) in [4.78, 5) is 8.80. The predicted molar refractivity (Wildman–Crippen MR) is 111 cm³/mol. The Labute approximate surface area is 164 Å². The normalized spacial score (nSPS) is 10.8. The number of aromatic nitrogens is 2. The molecule has 1 heterocycles. The Morgan fingerprint density at radius 1 is 1.11 bits per heavy atom. The van der Waals surface area contributed by atoms with E-state index in [0.29, 0.717) is 36.2 Å². The van der Waals surface area contributed by atoms with E-state index in [4.69, 9.17) is 4.74 Å². The summed E-state index contributed by atoms with van der Waals surface area (Å²) in [7, 11) is 0. The predicted octanol–water partition coefficient (Wildman–Crippen LogP) is 3.95. The number of aryl methyl sites for hydroxylation is 1. The van der Waals surface area contributed by atoms with Crippen LogP contribution >= 0.6 is 0 Å². The van der Waals surface area contributed by atoms with E-state index >= 15 is 0 Å². The van der Waals surface area contributed by atoms with Crippen molar-refractivity contribution < 1.29 is 9.84 Å². The fourth-order valence-corrected chi connectivity index (χ4v) is 2.54. The van der Waals surface area contributed by atoms with Gasteiger partial charge in [0.2, 0.25) is 5.95 Å². The van der Waals surface area contributed by atoms with Gasteiger partial charge in [-0.1, -0.05) is 30.3 Å². The minimum absolute atomic E-state index is 0.0978. The Hall–Kier alpha value is -3.61. The first-order chi connectivity index (χ1) is 13.6. The molecule has 0 aliphatic heterocycles. The summed E-state index contributed by atoms with van der Waals surface area (Å²) in [5.74, 6) is 1.79. The van der Waals surface area contributed by atoms with Crippen molar-refractivity contribution in [3.8, 4) is 11.5 Å². The molecule has 0 saturated heterocycles. The van der Waals surface area contributed by atoms with Crippen molar-refractivity contribution in [3.05, 3.63) is 71.4 Å². The van der Waals surface area contributed by atoms with Gasteiger partial charge < -0.3 is 15.2 Å². The Kier molecular flexibility index (Phi) is 6.41. The summed E-state index contributed by atoms with van der Waals surface area (Å²) in [6.07, 6.45) is 1.53. The summed E-state index contributed by atoms with van der Waals surface area (Å²) in [6.45, 7) is 4.96. The van der Waals surface area contributed by atoms with Crippen LogP contribution in [0.5, 0.6) is 11.5 Å². The summed E-state index contributed by atoms with van der Waals surface area (Å²) >= 11 is 0. The zero-order chi connectivity index (χ0) is 19.8. The van der Waals surface area contributed by atoms with E-state index in [1.807, 2.05) is 44.2 Å². The first-order valence-corrected chi connectivity index (χ1v) is 9.02. The van der Waals surface area contributed by atoms with Gasteiger partial charge in [0, 0.05) is 29.9 Å². The summed E-state index contributed by atoms with van der Waals surface area (Å²) in [5, 5.41) is 17.4. The molecule has 0 saturated carbocycles. The van der Waals surface area contributed by atoms with Crippen molar-refractivity contribution in [2.24, 2.45) is 5.10 Å². The standard InChI is InChI=1S/C21H23N5O2/c1-3-28-18-10-9-17(19(27)12-18)14-23-26-20-11-15(2)24-21(25-20)22-13-16-7-5-4-6-8-16/h4-12,14,27H,3,13H2,1-2H3,(H2,22,24,25,26)/b23-14+. The second kappa shape index (κ2) is 9.36. The third-order valence-electron chi connectivity index (χ3n) is 3.84. The first-order valence-electron chi connectivity index (χ1n) is 9.02. The number of phenolic OH excluding ortho intramolecular Hbond substituents is 1. The summed E-state index contributed by atoms with van der Waals surface area (Å²) < 4.78 is 5.35.